The third-order valence-electron chi connectivity index (χ3n) is 6.13. The van der Waals surface area contributed by atoms with E-state index in [1.165, 1.54) is 62.5 Å². The van der Waals surface area contributed by atoms with Crippen LogP contribution >= 0.6 is 0 Å². The van der Waals surface area contributed by atoms with Gasteiger partial charge < -0.3 is 9.84 Å². The van der Waals surface area contributed by atoms with E-state index in [9.17, 15) is 9.90 Å². The van der Waals surface area contributed by atoms with Crippen LogP contribution in [0.25, 0.3) is 0 Å². The number of unbranched alkanes of at least 4 members (excludes halogenated alkanes) is 2. The number of carbonyl (C=O) groups excluding carboxylic acids is 1. The molecule has 3 nitrogen and oxygen atoms in total. The number of aryl methyl sites for hydroxylation is 1. The zero-order chi connectivity index (χ0) is 19.5. The first-order chi connectivity index (χ1) is 13.2. The molecule has 0 amide bonds. The standard InChI is InChI=1S/C24H38O3/c1-3-5-6-7-19-8-13-21(14-9-19)22-15-10-20(11-16-22)12-17-23(18-25)24(26)27-4-2/h8-9,13-14,20,22-23,25H,3-7,10-12,15-18H2,1-2H3. The van der Waals surface area contributed by atoms with Gasteiger partial charge in [0.15, 0.2) is 0 Å². The van der Waals surface area contributed by atoms with Gasteiger partial charge in [-0.05, 0) is 81.3 Å². The van der Waals surface area contributed by atoms with Gasteiger partial charge in [0.05, 0.1) is 19.1 Å². The maximum absolute atomic E-state index is 11.8. The molecule has 3 heteroatoms. The van der Waals surface area contributed by atoms with Crippen molar-refractivity contribution in [2.75, 3.05) is 13.2 Å². The zero-order valence-corrected chi connectivity index (χ0v) is 17.3. The normalized spacial score (nSPS) is 21.0. The molecule has 0 heterocycles. The largest absolute Gasteiger partial charge is 0.466 e. The molecule has 27 heavy (non-hydrogen) atoms. The summed E-state index contributed by atoms with van der Waals surface area (Å²) >= 11 is 0. The van der Waals surface area contributed by atoms with E-state index in [-0.39, 0.29) is 18.5 Å². The van der Waals surface area contributed by atoms with Crippen molar-refractivity contribution in [1.29, 1.82) is 0 Å². The highest BCUT2D eigenvalue weighted by Crippen LogP contribution is 2.38. The van der Waals surface area contributed by atoms with Crippen molar-refractivity contribution >= 4 is 5.97 Å². The number of hydrogen-bond donors (Lipinski definition) is 1. The van der Waals surface area contributed by atoms with Crippen molar-refractivity contribution in [2.45, 2.75) is 84.0 Å². The molecule has 1 aliphatic carbocycles. The maximum Gasteiger partial charge on any atom is 0.311 e. The number of benzene rings is 1. The van der Waals surface area contributed by atoms with Gasteiger partial charge in [-0.3, -0.25) is 4.79 Å². The second-order valence-electron chi connectivity index (χ2n) is 8.13. The number of aliphatic hydroxyl groups is 1. The molecule has 1 aromatic carbocycles. The minimum atomic E-state index is -0.345. The Morgan fingerprint density at radius 2 is 1.81 bits per heavy atom. The van der Waals surface area contributed by atoms with Gasteiger partial charge in [-0.25, -0.2) is 0 Å². The number of ether oxygens (including phenoxy) is 1. The van der Waals surface area contributed by atoms with Crippen LogP contribution in [0.3, 0.4) is 0 Å². The first kappa shape index (κ1) is 21.9. The lowest BCUT2D eigenvalue weighted by Gasteiger charge is -2.29. The lowest BCUT2D eigenvalue weighted by Crippen LogP contribution is -2.23. The first-order valence-corrected chi connectivity index (χ1v) is 11.0. The molecule has 1 fully saturated rings. The van der Waals surface area contributed by atoms with Crippen LogP contribution in [0, 0.1) is 11.8 Å². The Kier molecular flexibility index (Phi) is 9.90. The number of esters is 1. The fourth-order valence-electron chi connectivity index (χ4n) is 4.30. The summed E-state index contributed by atoms with van der Waals surface area (Å²) in [7, 11) is 0. The highest BCUT2D eigenvalue weighted by molar-refractivity contribution is 5.72. The number of aliphatic hydroxyl groups excluding tert-OH is 1. The van der Waals surface area contributed by atoms with E-state index in [1.54, 1.807) is 0 Å². The highest BCUT2D eigenvalue weighted by atomic mass is 16.5. The van der Waals surface area contributed by atoms with E-state index in [1.807, 2.05) is 6.92 Å². The molecule has 0 spiro atoms. The lowest BCUT2D eigenvalue weighted by atomic mass is 9.76. The van der Waals surface area contributed by atoms with Crippen LogP contribution in [0.5, 0.6) is 0 Å². The van der Waals surface area contributed by atoms with E-state index in [0.29, 0.717) is 18.4 Å². The summed E-state index contributed by atoms with van der Waals surface area (Å²) in [5, 5.41) is 9.43. The van der Waals surface area contributed by atoms with Crippen molar-refractivity contribution in [3.8, 4) is 0 Å². The SMILES string of the molecule is CCCCCc1ccc(C2CCC(CCC(CO)C(=O)OCC)CC2)cc1. The summed E-state index contributed by atoms with van der Waals surface area (Å²) in [6.07, 6.45) is 11.8. The number of carbonyl (C=O) groups is 1. The van der Waals surface area contributed by atoms with Crippen molar-refractivity contribution < 1.29 is 14.6 Å². The van der Waals surface area contributed by atoms with E-state index < -0.39 is 0 Å². The van der Waals surface area contributed by atoms with Crippen LogP contribution in [0.15, 0.2) is 24.3 Å². The quantitative estimate of drug-likeness (QED) is 0.402. The second-order valence-corrected chi connectivity index (χ2v) is 8.13. The van der Waals surface area contributed by atoms with Crippen molar-refractivity contribution in [2.24, 2.45) is 11.8 Å². The molecule has 0 bridgehead atoms. The van der Waals surface area contributed by atoms with Gasteiger partial charge >= 0.3 is 5.97 Å². The third-order valence-corrected chi connectivity index (χ3v) is 6.13. The predicted molar refractivity (Wildman–Crippen MR) is 111 cm³/mol. The van der Waals surface area contributed by atoms with Gasteiger partial charge in [0.25, 0.3) is 0 Å². The highest BCUT2D eigenvalue weighted by Gasteiger charge is 2.25. The summed E-state index contributed by atoms with van der Waals surface area (Å²) in [6, 6.07) is 9.33. The van der Waals surface area contributed by atoms with Crippen LogP contribution in [-0.2, 0) is 16.0 Å². The summed E-state index contributed by atoms with van der Waals surface area (Å²) in [4.78, 5) is 11.8. The zero-order valence-electron chi connectivity index (χ0n) is 17.3. The lowest BCUT2D eigenvalue weighted by molar-refractivity contribution is -0.149. The monoisotopic (exact) mass is 374 g/mol. The van der Waals surface area contributed by atoms with Crippen molar-refractivity contribution in [3.63, 3.8) is 0 Å². The minimum absolute atomic E-state index is 0.0984. The Labute approximate surface area is 165 Å². The molecule has 2 rings (SSSR count). The Hall–Kier alpha value is -1.35. The topological polar surface area (TPSA) is 46.5 Å². The van der Waals surface area contributed by atoms with E-state index >= 15 is 0 Å². The van der Waals surface area contributed by atoms with Gasteiger partial charge in [-0.15, -0.1) is 0 Å². The van der Waals surface area contributed by atoms with Gasteiger partial charge in [-0.2, -0.15) is 0 Å². The summed E-state index contributed by atoms with van der Waals surface area (Å²) < 4.78 is 5.05. The molecule has 0 radical (unpaired) electrons. The Bertz CT molecular complexity index is 529. The van der Waals surface area contributed by atoms with Crippen LogP contribution in [-0.4, -0.2) is 24.3 Å². The fraction of sp³-hybridized carbons (Fsp3) is 0.708. The second kappa shape index (κ2) is 12.2. The van der Waals surface area contributed by atoms with Crippen LogP contribution in [0.4, 0.5) is 0 Å². The number of rotatable bonds is 11. The molecule has 1 saturated carbocycles. The molecule has 1 N–H and O–H groups in total. The molecule has 1 unspecified atom stereocenters. The maximum atomic E-state index is 11.8. The number of hydrogen-bond acceptors (Lipinski definition) is 3. The first-order valence-electron chi connectivity index (χ1n) is 11.0. The molecule has 1 atom stereocenters. The molecule has 1 aliphatic rings. The third kappa shape index (κ3) is 7.29. The Morgan fingerprint density at radius 3 is 2.41 bits per heavy atom. The average Bonchev–Trinajstić information content (AvgIpc) is 2.70. The molecule has 1 aromatic rings. The summed E-state index contributed by atoms with van der Waals surface area (Å²) in [5.74, 6) is 0.776. The Morgan fingerprint density at radius 1 is 1.11 bits per heavy atom. The molecule has 0 aliphatic heterocycles. The van der Waals surface area contributed by atoms with Gasteiger partial charge in [0, 0.05) is 0 Å². The van der Waals surface area contributed by atoms with E-state index in [0.717, 1.165) is 12.8 Å². The predicted octanol–water partition coefficient (Wildman–Crippen LogP) is 5.64. The van der Waals surface area contributed by atoms with E-state index in [2.05, 4.69) is 31.2 Å². The van der Waals surface area contributed by atoms with Crippen molar-refractivity contribution in [1.82, 2.24) is 0 Å². The summed E-state index contributed by atoms with van der Waals surface area (Å²) in [5.41, 5.74) is 2.96. The smallest absolute Gasteiger partial charge is 0.311 e. The minimum Gasteiger partial charge on any atom is -0.466 e. The Balaban J connectivity index is 1.73. The van der Waals surface area contributed by atoms with Crippen molar-refractivity contribution in [3.05, 3.63) is 35.4 Å². The van der Waals surface area contributed by atoms with Gasteiger partial charge in [-0.1, -0.05) is 44.0 Å². The molecule has 0 saturated heterocycles. The van der Waals surface area contributed by atoms with Crippen LogP contribution in [0.2, 0.25) is 0 Å². The summed E-state index contributed by atoms with van der Waals surface area (Å²) in [6.45, 7) is 4.35. The van der Waals surface area contributed by atoms with Crippen LogP contribution in [0.1, 0.15) is 88.7 Å². The fourth-order valence-corrected chi connectivity index (χ4v) is 4.30. The van der Waals surface area contributed by atoms with E-state index in [4.69, 9.17) is 4.74 Å². The molecule has 0 aromatic heterocycles. The van der Waals surface area contributed by atoms with Crippen LogP contribution < -0.4 is 0 Å². The molecule has 152 valence electrons. The van der Waals surface area contributed by atoms with Gasteiger partial charge in [0.1, 0.15) is 0 Å². The average molecular weight is 375 g/mol. The molecular weight excluding hydrogens is 336 g/mol. The molecular formula is C24H38O3. The van der Waals surface area contributed by atoms with Gasteiger partial charge in [0.2, 0.25) is 0 Å².